The highest BCUT2D eigenvalue weighted by Gasteiger charge is 2.17. The average Bonchev–Trinajstić information content (AvgIpc) is 2.91. The van der Waals surface area contributed by atoms with Crippen LogP contribution in [0.4, 0.5) is 5.69 Å². The third-order valence-corrected chi connectivity index (χ3v) is 3.73. The third kappa shape index (κ3) is 1.95. The summed E-state index contributed by atoms with van der Waals surface area (Å²) in [6, 6.07) is 7.29. The lowest BCUT2D eigenvalue weighted by molar-refractivity contribution is -0.116. The van der Waals surface area contributed by atoms with Crippen molar-refractivity contribution in [3.63, 3.8) is 0 Å². The molecule has 2 aromatic rings. The molecule has 1 aromatic carbocycles. The van der Waals surface area contributed by atoms with Gasteiger partial charge in [-0.3, -0.25) is 9.59 Å². The number of amides is 1. The van der Waals surface area contributed by atoms with Crippen molar-refractivity contribution >= 4 is 28.7 Å². The van der Waals surface area contributed by atoms with Gasteiger partial charge >= 0.3 is 0 Å². The van der Waals surface area contributed by atoms with Crippen LogP contribution in [0.15, 0.2) is 35.0 Å². The molecule has 18 heavy (non-hydrogen) atoms. The standard InChI is InChI=1S/C14H11NO2S/c16-13-4-2-9-7-10(1-3-12(9)15-13)14(17)11-5-6-18-8-11/h1,3,5-8H,2,4H2,(H,15,16). The Kier molecular flexibility index (Phi) is 2.72. The lowest BCUT2D eigenvalue weighted by Gasteiger charge is -2.17. The molecule has 0 spiro atoms. The smallest absolute Gasteiger partial charge is 0.224 e. The van der Waals surface area contributed by atoms with Gasteiger partial charge in [-0.05, 0) is 41.6 Å². The Hall–Kier alpha value is -1.94. The van der Waals surface area contributed by atoms with E-state index in [2.05, 4.69) is 5.32 Å². The molecular formula is C14H11NO2S. The zero-order valence-corrected chi connectivity index (χ0v) is 10.4. The number of anilines is 1. The van der Waals surface area contributed by atoms with Crippen molar-refractivity contribution < 1.29 is 9.59 Å². The number of ketones is 1. The highest BCUT2D eigenvalue weighted by Crippen LogP contribution is 2.25. The van der Waals surface area contributed by atoms with Gasteiger partial charge in [0.05, 0.1) is 0 Å². The fourth-order valence-corrected chi connectivity index (χ4v) is 2.72. The molecule has 90 valence electrons. The minimum atomic E-state index is 0.0379. The van der Waals surface area contributed by atoms with Crippen molar-refractivity contribution in [3.8, 4) is 0 Å². The molecule has 3 nitrogen and oxygen atoms in total. The first-order valence-corrected chi connectivity index (χ1v) is 6.68. The summed E-state index contributed by atoms with van der Waals surface area (Å²) >= 11 is 1.51. The van der Waals surface area contributed by atoms with Gasteiger partial charge in [0.2, 0.25) is 5.91 Å². The number of carbonyl (C=O) groups excluding carboxylic acids is 2. The van der Waals surface area contributed by atoms with Gasteiger partial charge < -0.3 is 5.32 Å². The first-order valence-electron chi connectivity index (χ1n) is 5.74. The number of aryl methyl sites for hydroxylation is 1. The molecule has 1 aliphatic heterocycles. The number of fused-ring (bicyclic) bond motifs is 1. The molecule has 0 radical (unpaired) electrons. The molecule has 0 aliphatic carbocycles. The second kappa shape index (κ2) is 4.38. The predicted molar refractivity (Wildman–Crippen MR) is 71.1 cm³/mol. The number of carbonyl (C=O) groups is 2. The summed E-state index contributed by atoms with van der Waals surface area (Å²) in [5, 5.41) is 6.56. The van der Waals surface area contributed by atoms with E-state index in [1.807, 2.05) is 29.0 Å². The molecule has 0 fully saturated rings. The van der Waals surface area contributed by atoms with Crippen molar-refractivity contribution in [1.82, 2.24) is 0 Å². The number of hydrogen-bond acceptors (Lipinski definition) is 3. The van der Waals surface area contributed by atoms with Crippen LogP contribution in [-0.2, 0) is 11.2 Å². The van der Waals surface area contributed by atoms with E-state index in [1.54, 1.807) is 6.07 Å². The monoisotopic (exact) mass is 257 g/mol. The lowest BCUT2D eigenvalue weighted by Crippen LogP contribution is -2.19. The molecule has 0 bridgehead atoms. The van der Waals surface area contributed by atoms with Gasteiger partial charge in [0.1, 0.15) is 0 Å². The Balaban J connectivity index is 1.95. The summed E-state index contributed by atoms with van der Waals surface area (Å²) in [6.07, 6.45) is 1.19. The predicted octanol–water partition coefficient (Wildman–Crippen LogP) is 2.86. The number of nitrogens with one attached hydrogen (secondary N) is 1. The van der Waals surface area contributed by atoms with Crippen LogP contribution in [0.5, 0.6) is 0 Å². The zero-order valence-electron chi connectivity index (χ0n) is 9.60. The van der Waals surface area contributed by atoms with Gasteiger partial charge in [0.25, 0.3) is 0 Å². The van der Waals surface area contributed by atoms with Crippen molar-refractivity contribution in [2.45, 2.75) is 12.8 Å². The van der Waals surface area contributed by atoms with Crippen LogP contribution in [0.3, 0.4) is 0 Å². The summed E-state index contributed by atoms with van der Waals surface area (Å²) in [5.41, 5.74) is 3.27. The molecule has 0 saturated heterocycles. The normalized spacial score (nSPS) is 13.9. The summed E-state index contributed by atoms with van der Waals surface area (Å²) in [6.45, 7) is 0. The molecule has 0 saturated carbocycles. The van der Waals surface area contributed by atoms with Crippen LogP contribution in [0.25, 0.3) is 0 Å². The number of hydrogen-bond donors (Lipinski definition) is 1. The Bertz CT molecular complexity index is 617. The number of benzene rings is 1. The van der Waals surface area contributed by atoms with Crippen molar-refractivity contribution in [1.29, 1.82) is 0 Å². The SMILES string of the molecule is O=C1CCc2cc(C(=O)c3ccsc3)ccc2N1. The highest BCUT2D eigenvalue weighted by molar-refractivity contribution is 7.08. The van der Waals surface area contributed by atoms with Gasteiger partial charge in [-0.15, -0.1) is 0 Å². The van der Waals surface area contributed by atoms with Crippen LogP contribution in [-0.4, -0.2) is 11.7 Å². The first-order chi connectivity index (χ1) is 8.74. The molecule has 2 heterocycles. The molecule has 0 atom stereocenters. The van der Waals surface area contributed by atoms with Crippen LogP contribution >= 0.6 is 11.3 Å². The maximum atomic E-state index is 12.2. The molecule has 1 aliphatic rings. The minimum absolute atomic E-state index is 0.0379. The molecule has 0 unspecified atom stereocenters. The second-order valence-corrected chi connectivity index (χ2v) is 5.04. The van der Waals surface area contributed by atoms with Gasteiger partial charge in [0.15, 0.2) is 5.78 Å². The van der Waals surface area contributed by atoms with E-state index in [9.17, 15) is 9.59 Å². The van der Waals surface area contributed by atoms with E-state index in [-0.39, 0.29) is 11.7 Å². The maximum Gasteiger partial charge on any atom is 0.224 e. The van der Waals surface area contributed by atoms with Crippen LogP contribution in [0.1, 0.15) is 27.9 Å². The summed E-state index contributed by atoms with van der Waals surface area (Å²) in [4.78, 5) is 23.4. The van der Waals surface area contributed by atoms with E-state index in [0.29, 0.717) is 18.4 Å². The average molecular weight is 257 g/mol. The van der Waals surface area contributed by atoms with Gasteiger partial charge in [-0.1, -0.05) is 0 Å². The number of thiophene rings is 1. The molecule has 1 aromatic heterocycles. The molecule has 4 heteroatoms. The van der Waals surface area contributed by atoms with Crippen LogP contribution in [0.2, 0.25) is 0 Å². The molecule has 1 N–H and O–H groups in total. The van der Waals surface area contributed by atoms with E-state index in [1.165, 1.54) is 11.3 Å². The largest absolute Gasteiger partial charge is 0.326 e. The fourth-order valence-electron chi connectivity index (χ4n) is 2.08. The van der Waals surface area contributed by atoms with Crippen LogP contribution < -0.4 is 5.32 Å². The van der Waals surface area contributed by atoms with E-state index in [0.717, 1.165) is 16.8 Å². The Morgan fingerprint density at radius 2 is 2.06 bits per heavy atom. The minimum Gasteiger partial charge on any atom is -0.326 e. The highest BCUT2D eigenvalue weighted by atomic mass is 32.1. The van der Waals surface area contributed by atoms with Gasteiger partial charge in [-0.25, -0.2) is 0 Å². The molecule has 3 rings (SSSR count). The Morgan fingerprint density at radius 3 is 2.83 bits per heavy atom. The van der Waals surface area contributed by atoms with Gasteiger partial charge in [0, 0.05) is 28.6 Å². The Morgan fingerprint density at radius 1 is 1.17 bits per heavy atom. The van der Waals surface area contributed by atoms with E-state index in [4.69, 9.17) is 0 Å². The third-order valence-electron chi connectivity index (χ3n) is 3.05. The topological polar surface area (TPSA) is 46.2 Å². The number of rotatable bonds is 2. The summed E-state index contributed by atoms with van der Waals surface area (Å²) in [7, 11) is 0. The van der Waals surface area contributed by atoms with Crippen LogP contribution in [0, 0.1) is 0 Å². The summed E-state index contributed by atoms with van der Waals surface area (Å²) < 4.78 is 0. The Labute approximate surface area is 108 Å². The first kappa shape index (κ1) is 11.2. The van der Waals surface area contributed by atoms with E-state index >= 15 is 0 Å². The van der Waals surface area contributed by atoms with E-state index < -0.39 is 0 Å². The zero-order chi connectivity index (χ0) is 12.5. The maximum absolute atomic E-state index is 12.2. The van der Waals surface area contributed by atoms with Crippen molar-refractivity contribution in [2.24, 2.45) is 0 Å². The van der Waals surface area contributed by atoms with Crippen molar-refractivity contribution in [3.05, 3.63) is 51.7 Å². The van der Waals surface area contributed by atoms with Crippen molar-refractivity contribution in [2.75, 3.05) is 5.32 Å². The molecular weight excluding hydrogens is 246 g/mol. The summed E-state index contributed by atoms with van der Waals surface area (Å²) in [5.74, 6) is 0.0790. The quantitative estimate of drug-likeness (QED) is 0.841. The lowest BCUT2D eigenvalue weighted by atomic mass is 9.97. The fraction of sp³-hybridized carbons (Fsp3) is 0.143. The second-order valence-electron chi connectivity index (χ2n) is 4.26. The van der Waals surface area contributed by atoms with Gasteiger partial charge in [-0.2, -0.15) is 11.3 Å². The molecule has 1 amide bonds.